The Morgan fingerprint density at radius 2 is 1.88 bits per heavy atom. The molecule has 0 atom stereocenters. The van der Waals surface area contributed by atoms with Crippen LogP contribution in [0.25, 0.3) is 6.08 Å². The van der Waals surface area contributed by atoms with Crippen molar-refractivity contribution in [2.75, 3.05) is 38.7 Å². The van der Waals surface area contributed by atoms with E-state index in [0.717, 1.165) is 6.08 Å². The summed E-state index contributed by atoms with van der Waals surface area (Å²) in [7, 11) is -2.39. The van der Waals surface area contributed by atoms with Crippen LogP contribution in [0.5, 0.6) is 11.5 Å². The number of carbonyl (C=O) groups is 1. The molecule has 8 nitrogen and oxygen atoms in total. The van der Waals surface area contributed by atoms with Gasteiger partial charge in [0.1, 0.15) is 11.5 Å². The van der Waals surface area contributed by atoms with Crippen molar-refractivity contribution in [3.63, 3.8) is 0 Å². The molecular weight excluding hydrogens is 446 g/mol. The molecule has 2 aromatic rings. The van der Waals surface area contributed by atoms with E-state index in [1.165, 1.54) is 53.9 Å². The molecule has 11 heteroatoms. The molecule has 0 unspecified atom stereocenters. The van der Waals surface area contributed by atoms with E-state index in [2.05, 4.69) is 10.1 Å². The number of alkyl halides is 2. The van der Waals surface area contributed by atoms with Crippen molar-refractivity contribution in [2.24, 2.45) is 0 Å². The molecule has 2 aromatic carbocycles. The lowest BCUT2D eigenvalue weighted by atomic mass is 10.2. The third-order valence-corrected chi connectivity index (χ3v) is 6.48. The summed E-state index contributed by atoms with van der Waals surface area (Å²) >= 11 is 0. The van der Waals surface area contributed by atoms with Gasteiger partial charge in [-0.2, -0.15) is 13.1 Å². The molecule has 1 fully saturated rings. The Bertz CT molecular complexity index is 1090. The van der Waals surface area contributed by atoms with Gasteiger partial charge in [-0.05, 0) is 30.3 Å². The number of ether oxygens (including phenoxy) is 3. The molecule has 1 heterocycles. The highest BCUT2D eigenvalue weighted by Crippen LogP contribution is 2.29. The smallest absolute Gasteiger partial charge is 0.387 e. The number of amides is 1. The molecule has 0 aliphatic carbocycles. The maximum Gasteiger partial charge on any atom is 0.387 e. The van der Waals surface area contributed by atoms with Crippen molar-refractivity contribution in [3.05, 3.63) is 54.1 Å². The van der Waals surface area contributed by atoms with Crippen LogP contribution in [0.15, 0.2) is 53.4 Å². The summed E-state index contributed by atoms with van der Waals surface area (Å²) in [5.74, 6) is -0.437. The Labute approximate surface area is 184 Å². The van der Waals surface area contributed by atoms with Gasteiger partial charge in [-0.3, -0.25) is 4.79 Å². The average Bonchev–Trinajstić information content (AvgIpc) is 2.78. The fourth-order valence-corrected chi connectivity index (χ4v) is 4.48. The molecule has 0 aromatic heterocycles. The summed E-state index contributed by atoms with van der Waals surface area (Å²) in [5, 5.41) is 2.56. The molecule has 0 radical (unpaired) electrons. The van der Waals surface area contributed by atoms with Gasteiger partial charge < -0.3 is 19.5 Å². The van der Waals surface area contributed by atoms with E-state index >= 15 is 0 Å². The normalized spacial score (nSPS) is 15.1. The lowest BCUT2D eigenvalue weighted by molar-refractivity contribution is -0.111. The van der Waals surface area contributed by atoms with Crippen molar-refractivity contribution in [2.45, 2.75) is 11.5 Å². The predicted octanol–water partition coefficient (Wildman–Crippen LogP) is 2.97. The van der Waals surface area contributed by atoms with Gasteiger partial charge in [0.2, 0.25) is 15.9 Å². The fourth-order valence-electron chi connectivity index (χ4n) is 3.04. The predicted molar refractivity (Wildman–Crippen MR) is 113 cm³/mol. The molecule has 1 amide bonds. The van der Waals surface area contributed by atoms with Crippen LogP contribution in [0.1, 0.15) is 5.56 Å². The number of nitrogens with one attached hydrogen (secondary N) is 1. The zero-order chi connectivity index (χ0) is 23.1. The van der Waals surface area contributed by atoms with E-state index in [4.69, 9.17) is 9.47 Å². The minimum absolute atomic E-state index is 0.00448. The first-order valence-corrected chi connectivity index (χ1v) is 11.0. The van der Waals surface area contributed by atoms with Crippen molar-refractivity contribution in [3.8, 4) is 11.5 Å². The first-order chi connectivity index (χ1) is 15.3. The van der Waals surface area contributed by atoms with Gasteiger partial charge in [-0.25, -0.2) is 8.42 Å². The van der Waals surface area contributed by atoms with Gasteiger partial charge in [0, 0.05) is 24.7 Å². The third-order valence-electron chi connectivity index (χ3n) is 4.59. The number of halogens is 2. The minimum atomic E-state index is -3.78. The largest absolute Gasteiger partial charge is 0.495 e. The second-order valence-electron chi connectivity index (χ2n) is 6.62. The van der Waals surface area contributed by atoms with E-state index in [-0.39, 0.29) is 40.7 Å². The number of anilines is 1. The van der Waals surface area contributed by atoms with Gasteiger partial charge in [-0.1, -0.05) is 18.2 Å². The number of morpholine rings is 1. The SMILES string of the molecule is COc1ccc(S(=O)(=O)N2CCOCC2)cc1NC(=O)/C=C/c1ccccc1OC(F)F. The van der Waals surface area contributed by atoms with E-state index in [1.54, 1.807) is 6.07 Å². The van der Waals surface area contributed by atoms with E-state index in [1.807, 2.05) is 0 Å². The van der Waals surface area contributed by atoms with Gasteiger partial charge in [0.25, 0.3) is 0 Å². The molecule has 1 N–H and O–H groups in total. The highest BCUT2D eigenvalue weighted by atomic mass is 32.2. The molecule has 1 aliphatic rings. The lowest BCUT2D eigenvalue weighted by Gasteiger charge is -2.26. The number of hydrogen-bond acceptors (Lipinski definition) is 6. The van der Waals surface area contributed by atoms with Crippen molar-refractivity contribution >= 4 is 27.7 Å². The summed E-state index contributed by atoms with van der Waals surface area (Å²) in [6.07, 6.45) is 2.43. The van der Waals surface area contributed by atoms with Crippen LogP contribution in [0.3, 0.4) is 0 Å². The highest BCUT2D eigenvalue weighted by molar-refractivity contribution is 7.89. The number of nitrogens with zero attached hydrogens (tertiary/aromatic N) is 1. The lowest BCUT2D eigenvalue weighted by Crippen LogP contribution is -2.40. The molecule has 32 heavy (non-hydrogen) atoms. The number of sulfonamides is 1. The zero-order valence-corrected chi connectivity index (χ0v) is 18.0. The van der Waals surface area contributed by atoms with E-state index in [0.29, 0.717) is 13.2 Å². The number of rotatable bonds is 8. The van der Waals surface area contributed by atoms with Crippen molar-refractivity contribution in [1.29, 1.82) is 0 Å². The van der Waals surface area contributed by atoms with Gasteiger partial charge in [0.15, 0.2) is 0 Å². The summed E-state index contributed by atoms with van der Waals surface area (Å²) in [5.41, 5.74) is 0.423. The molecule has 172 valence electrons. The molecule has 0 saturated carbocycles. The van der Waals surface area contributed by atoms with Crippen LogP contribution in [0.4, 0.5) is 14.5 Å². The number of benzene rings is 2. The topological polar surface area (TPSA) is 94.2 Å². The maximum atomic E-state index is 12.9. The first-order valence-electron chi connectivity index (χ1n) is 9.60. The average molecular weight is 468 g/mol. The van der Waals surface area contributed by atoms with Crippen LogP contribution in [-0.4, -0.2) is 58.7 Å². The van der Waals surface area contributed by atoms with E-state index in [9.17, 15) is 22.0 Å². The highest BCUT2D eigenvalue weighted by Gasteiger charge is 2.27. The second kappa shape index (κ2) is 10.5. The number of para-hydroxylation sites is 1. The second-order valence-corrected chi connectivity index (χ2v) is 8.56. The number of hydrogen-bond donors (Lipinski definition) is 1. The summed E-state index contributed by atoms with van der Waals surface area (Å²) in [4.78, 5) is 12.4. The van der Waals surface area contributed by atoms with Gasteiger partial charge in [-0.15, -0.1) is 0 Å². The van der Waals surface area contributed by atoms with E-state index < -0.39 is 22.5 Å². The monoisotopic (exact) mass is 468 g/mol. The Hall–Kier alpha value is -3.02. The Kier molecular flexibility index (Phi) is 7.78. The Balaban J connectivity index is 1.80. The third kappa shape index (κ3) is 5.81. The molecular formula is C21H22F2N2O6S. The van der Waals surface area contributed by atoms with Crippen molar-refractivity contribution in [1.82, 2.24) is 4.31 Å². The molecule has 1 saturated heterocycles. The Morgan fingerprint density at radius 1 is 1.16 bits per heavy atom. The quantitative estimate of drug-likeness (QED) is 0.599. The summed E-state index contributed by atoms with van der Waals surface area (Å²) in [6.45, 7) is -1.92. The molecule has 3 rings (SSSR count). The van der Waals surface area contributed by atoms with Gasteiger partial charge >= 0.3 is 6.61 Å². The van der Waals surface area contributed by atoms with Crippen LogP contribution < -0.4 is 14.8 Å². The Morgan fingerprint density at radius 3 is 2.56 bits per heavy atom. The zero-order valence-electron chi connectivity index (χ0n) is 17.2. The summed E-state index contributed by atoms with van der Waals surface area (Å²) < 4.78 is 67.0. The minimum Gasteiger partial charge on any atom is -0.495 e. The molecule has 0 spiro atoms. The van der Waals surface area contributed by atoms with Gasteiger partial charge in [0.05, 0.1) is 30.9 Å². The number of methoxy groups -OCH3 is 1. The fraction of sp³-hybridized carbons (Fsp3) is 0.286. The molecule has 1 aliphatic heterocycles. The van der Waals surface area contributed by atoms with Crippen LogP contribution in [0, 0.1) is 0 Å². The van der Waals surface area contributed by atoms with Crippen LogP contribution >= 0.6 is 0 Å². The standard InChI is InChI=1S/C21H22F2N2O6S/c1-29-19-8-7-16(32(27,28)25-10-12-30-13-11-25)14-17(19)24-20(26)9-6-15-4-2-3-5-18(15)31-21(22)23/h2-9,14,21H,10-13H2,1H3,(H,24,26)/b9-6+. The first kappa shape index (κ1) is 23.6. The van der Waals surface area contributed by atoms with Crippen LogP contribution in [-0.2, 0) is 19.6 Å². The van der Waals surface area contributed by atoms with Crippen LogP contribution in [0.2, 0.25) is 0 Å². The maximum absolute atomic E-state index is 12.9. The summed E-state index contributed by atoms with van der Waals surface area (Å²) in [6, 6.07) is 10.2. The van der Waals surface area contributed by atoms with Crippen molar-refractivity contribution < 1.29 is 36.2 Å². The number of carbonyl (C=O) groups excluding carboxylic acids is 1. The molecule has 0 bridgehead atoms.